The molecule has 1 aromatic carbocycles. The van der Waals surface area contributed by atoms with E-state index in [4.69, 9.17) is 0 Å². The van der Waals surface area contributed by atoms with Crippen LogP contribution < -0.4 is 15.4 Å². The van der Waals surface area contributed by atoms with Crippen LogP contribution >= 0.6 is 24.0 Å². The van der Waals surface area contributed by atoms with Gasteiger partial charge in [0.1, 0.15) is 5.75 Å². The normalized spacial score (nSPS) is 22.9. The molecule has 1 aromatic rings. The molecule has 154 valence electrons. The van der Waals surface area contributed by atoms with Crippen molar-refractivity contribution in [2.75, 3.05) is 13.1 Å². The molecule has 2 unspecified atom stereocenters. The van der Waals surface area contributed by atoms with Gasteiger partial charge in [0.05, 0.1) is 12.6 Å². The highest BCUT2D eigenvalue weighted by atomic mass is 127. The lowest BCUT2D eigenvalue weighted by atomic mass is 9.73. The summed E-state index contributed by atoms with van der Waals surface area (Å²) in [6, 6.07) is 6.65. The van der Waals surface area contributed by atoms with E-state index in [9.17, 15) is 13.9 Å². The minimum Gasteiger partial charge on any atom is -0.434 e. The topological polar surface area (TPSA) is 65.9 Å². The average molecular weight is 497 g/mol. The molecule has 1 aliphatic rings. The molecule has 1 aliphatic carbocycles. The molecule has 2 atom stereocenters. The lowest BCUT2D eigenvalue weighted by Gasteiger charge is -2.38. The molecule has 0 amide bonds. The number of aliphatic hydroxyl groups is 1. The Morgan fingerprint density at radius 3 is 2.74 bits per heavy atom. The SMILES string of the molecule is CCNC(=NCc1ccccc1OC(F)F)NCC1(C)CCCCC1O.I. The molecule has 8 heteroatoms. The summed E-state index contributed by atoms with van der Waals surface area (Å²) in [7, 11) is 0. The molecular formula is C19H30F2IN3O2. The predicted octanol–water partition coefficient (Wildman–Crippen LogP) is 3.90. The van der Waals surface area contributed by atoms with Gasteiger partial charge in [-0.1, -0.05) is 38.0 Å². The van der Waals surface area contributed by atoms with Crippen LogP contribution in [0.1, 0.15) is 45.1 Å². The number of para-hydroxylation sites is 1. The molecule has 0 bridgehead atoms. The fourth-order valence-electron chi connectivity index (χ4n) is 3.22. The van der Waals surface area contributed by atoms with Gasteiger partial charge >= 0.3 is 6.61 Å². The summed E-state index contributed by atoms with van der Waals surface area (Å²) in [5.74, 6) is 0.732. The molecule has 1 fully saturated rings. The summed E-state index contributed by atoms with van der Waals surface area (Å²) < 4.78 is 29.6. The summed E-state index contributed by atoms with van der Waals surface area (Å²) in [5.41, 5.74) is 0.402. The van der Waals surface area contributed by atoms with Gasteiger partial charge in [0, 0.05) is 24.1 Å². The van der Waals surface area contributed by atoms with Crippen molar-refractivity contribution in [2.45, 2.75) is 58.8 Å². The quantitative estimate of drug-likeness (QED) is 0.304. The number of ether oxygens (including phenoxy) is 1. The van der Waals surface area contributed by atoms with Crippen LogP contribution in [0, 0.1) is 5.41 Å². The summed E-state index contributed by atoms with van der Waals surface area (Å²) in [6.07, 6.45) is 3.63. The molecule has 27 heavy (non-hydrogen) atoms. The Balaban J connectivity index is 0.00000364. The monoisotopic (exact) mass is 497 g/mol. The second-order valence-corrected chi connectivity index (χ2v) is 6.95. The third-order valence-electron chi connectivity index (χ3n) is 4.88. The molecule has 0 spiro atoms. The number of nitrogens with one attached hydrogen (secondary N) is 2. The Hall–Kier alpha value is -1.16. The largest absolute Gasteiger partial charge is 0.434 e. The van der Waals surface area contributed by atoms with Crippen LogP contribution in [-0.4, -0.2) is 36.9 Å². The highest BCUT2D eigenvalue weighted by molar-refractivity contribution is 14.0. The van der Waals surface area contributed by atoms with E-state index in [2.05, 4.69) is 27.3 Å². The number of guanidine groups is 1. The van der Waals surface area contributed by atoms with Crippen LogP contribution in [0.15, 0.2) is 29.3 Å². The van der Waals surface area contributed by atoms with Crippen LogP contribution in [0.2, 0.25) is 0 Å². The van der Waals surface area contributed by atoms with Crippen LogP contribution in [0.4, 0.5) is 8.78 Å². The number of aliphatic imine (C=N–C) groups is 1. The zero-order valence-corrected chi connectivity index (χ0v) is 18.2. The molecule has 1 saturated carbocycles. The van der Waals surface area contributed by atoms with Crippen LogP contribution in [0.5, 0.6) is 5.75 Å². The average Bonchev–Trinajstić information content (AvgIpc) is 2.61. The van der Waals surface area contributed by atoms with Crippen molar-refractivity contribution >= 4 is 29.9 Å². The Morgan fingerprint density at radius 1 is 1.33 bits per heavy atom. The Kier molecular flexibility index (Phi) is 10.3. The zero-order valence-electron chi connectivity index (χ0n) is 15.9. The van der Waals surface area contributed by atoms with Crippen molar-refractivity contribution in [3.8, 4) is 5.75 Å². The van der Waals surface area contributed by atoms with Crippen molar-refractivity contribution in [1.29, 1.82) is 0 Å². The van der Waals surface area contributed by atoms with Crippen molar-refractivity contribution in [3.05, 3.63) is 29.8 Å². The van der Waals surface area contributed by atoms with E-state index in [-0.39, 0.29) is 47.8 Å². The maximum atomic E-state index is 12.5. The number of hydrogen-bond acceptors (Lipinski definition) is 3. The van der Waals surface area contributed by atoms with Gasteiger partial charge in [-0.25, -0.2) is 4.99 Å². The lowest BCUT2D eigenvalue weighted by molar-refractivity contribution is -0.0504. The number of hydrogen-bond donors (Lipinski definition) is 3. The molecule has 0 aromatic heterocycles. The smallest absolute Gasteiger partial charge is 0.387 e. The fourth-order valence-corrected chi connectivity index (χ4v) is 3.22. The van der Waals surface area contributed by atoms with E-state index in [1.165, 1.54) is 6.07 Å². The summed E-state index contributed by atoms with van der Waals surface area (Å²) in [5, 5.41) is 16.7. The molecule has 3 N–H and O–H groups in total. The number of rotatable bonds is 7. The van der Waals surface area contributed by atoms with Gasteiger partial charge in [0.25, 0.3) is 0 Å². The molecular weight excluding hydrogens is 467 g/mol. The Bertz CT molecular complexity index is 604. The van der Waals surface area contributed by atoms with Gasteiger partial charge in [-0.2, -0.15) is 8.78 Å². The number of aliphatic hydroxyl groups excluding tert-OH is 1. The predicted molar refractivity (Wildman–Crippen MR) is 114 cm³/mol. The number of benzene rings is 1. The summed E-state index contributed by atoms with van der Waals surface area (Å²) >= 11 is 0. The van der Waals surface area contributed by atoms with Crippen molar-refractivity contribution in [2.24, 2.45) is 10.4 Å². The van der Waals surface area contributed by atoms with Crippen molar-refractivity contribution in [1.82, 2.24) is 10.6 Å². The molecule has 0 aliphatic heterocycles. The first-order valence-electron chi connectivity index (χ1n) is 9.17. The molecule has 2 rings (SSSR count). The van der Waals surface area contributed by atoms with Crippen LogP contribution in [0.25, 0.3) is 0 Å². The third kappa shape index (κ3) is 7.40. The van der Waals surface area contributed by atoms with Crippen molar-refractivity contribution < 1.29 is 18.6 Å². The standard InChI is InChI=1S/C19H29F2N3O2.HI/c1-3-22-18(24-13-19(2)11-7-6-10-16(19)25)23-12-14-8-4-5-9-15(14)26-17(20)21;/h4-5,8-9,16-17,25H,3,6-7,10-13H2,1-2H3,(H2,22,23,24);1H. The van der Waals surface area contributed by atoms with Gasteiger partial charge in [0.2, 0.25) is 0 Å². The Labute approximate surface area is 177 Å². The zero-order chi connectivity index (χ0) is 19.0. The number of alkyl halides is 2. The first-order chi connectivity index (χ1) is 12.4. The highest BCUT2D eigenvalue weighted by Gasteiger charge is 2.35. The van der Waals surface area contributed by atoms with Gasteiger partial charge in [-0.3, -0.25) is 0 Å². The molecule has 0 heterocycles. The maximum absolute atomic E-state index is 12.5. The first-order valence-corrected chi connectivity index (χ1v) is 9.17. The van der Waals surface area contributed by atoms with E-state index in [1.807, 2.05) is 6.92 Å². The van der Waals surface area contributed by atoms with Crippen LogP contribution in [0.3, 0.4) is 0 Å². The Morgan fingerprint density at radius 2 is 2.07 bits per heavy atom. The highest BCUT2D eigenvalue weighted by Crippen LogP contribution is 2.35. The first kappa shape index (κ1) is 23.9. The number of nitrogens with zero attached hydrogens (tertiary/aromatic N) is 1. The van der Waals surface area contributed by atoms with Gasteiger partial charge in [-0.05, 0) is 25.8 Å². The van der Waals surface area contributed by atoms with Crippen LogP contribution in [-0.2, 0) is 6.54 Å². The lowest BCUT2D eigenvalue weighted by Crippen LogP contribution is -2.48. The van der Waals surface area contributed by atoms with Gasteiger partial charge in [0.15, 0.2) is 5.96 Å². The second-order valence-electron chi connectivity index (χ2n) is 6.95. The molecule has 0 saturated heterocycles. The maximum Gasteiger partial charge on any atom is 0.387 e. The van der Waals surface area contributed by atoms with Crippen molar-refractivity contribution in [3.63, 3.8) is 0 Å². The van der Waals surface area contributed by atoms with E-state index in [0.29, 0.717) is 24.6 Å². The molecule has 0 radical (unpaired) electrons. The van der Waals surface area contributed by atoms with E-state index in [0.717, 1.165) is 25.7 Å². The van der Waals surface area contributed by atoms with E-state index in [1.54, 1.807) is 18.2 Å². The van der Waals surface area contributed by atoms with Gasteiger partial charge in [-0.15, -0.1) is 24.0 Å². The summed E-state index contributed by atoms with van der Waals surface area (Å²) in [6.45, 7) is 2.69. The number of halogens is 3. The minimum atomic E-state index is -2.86. The fraction of sp³-hybridized carbons (Fsp3) is 0.632. The minimum absolute atomic E-state index is 0. The third-order valence-corrected chi connectivity index (χ3v) is 4.88. The van der Waals surface area contributed by atoms with E-state index >= 15 is 0 Å². The van der Waals surface area contributed by atoms with E-state index < -0.39 is 6.61 Å². The summed E-state index contributed by atoms with van der Waals surface area (Å²) in [4.78, 5) is 4.48. The van der Waals surface area contributed by atoms with Gasteiger partial charge < -0.3 is 20.5 Å². The molecule has 5 nitrogen and oxygen atoms in total. The second kappa shape index (κ2) is 11.6.